The zero-order valence-electron chi connectivity index (χ0n) is 11.2. The minimum Gasteiger partial charge on any atom is -0.410 e. The summed E-state index contributed by atoms with van der Waals surface area (Å²) in [7, 11) is 2.05. The SMILES string of the molecule is Bc1cc2c(c3c1CCN(CC)C3)NC(=O)/C2=N\O. The van der Waals surface area contributed by atoms with E-state index in [0.717, 1.165) is 37.3 Å². The molecule has 0 radical (unpaired) electrons. The monoisotopic (exact) mass is 257 g/mol. The molecule has 0 spiro atoms. The van der Waals surface area contributed by atoms with E-state index < -0.39 is 0 Å². The molecule has 2 aliphatic heterocycles. The molecule has 19 heavy (non-hydrogen) atoms. The topological polar surface area (TPSA) is 64.9 Å². The Morgan fingerprint density at radius 2 is 2.32 bits per heavy atom. The average molecular weight is 257 g/mol. The van der Waals surface area contributed by atoms with Crippen LogP contribution < -0.4 is 10.8 Å². The van der Waals surface area contributed by atoms with Crippen molar-refractivity contribution in [3.8, 4) is 0 Å². The van der Waals surface area contributed by atoms with Crippen molar-refractivity contribution in [2.45, 2.75) is 19.9 Å². The number of rotatable bonds is 1. The number of nitrogens with one attached hydrogen (secondary N) is 1. The fraction of sp³-hybridized carbons (Fsp3) is 0.385. The number of likely N-dealkylation sites (N-methyl/N-ethyl adjacent to an activating group) is 1. The van der Waals surface area contributed by atoms with Gasteiger partial charge in [-0.15, -0.1) is 0 Å². The molecule has 5 nitrogen and oxygen atoms in total. The smallest absolute Gasteiger partial charge is 0.278 e. The maximum atomic E-state index is 11.8. The third-order valence-corrected chi connectivity index (χ3v) is 4.09. The number of nitrogens with zero attached hydrogens (tertiary/aromatic N) is 2. The van der Waals surface area contributed by atoms with Crippen molar-refractivity contribution in [1.29, 1.82) is 0 Å². The lowest BCUT2D eigenvalue weighted by Gasteiger charge is -2.30. The summed E-state index contributed by atoms with van der Waals surface area (Å²) in [6.45, 7) is 5.03. The number of oxime groups is 1. The van der Waals surface area contributed by atoms with Gasteiger partial charge in [-0.2, -0.15) is 0 Å². The van der Waals surface area contributed by atoms with Gasteiger partial charge in [-0.1, -0.05) is 23.6 Å². The molecule has 0 aromatic heterocycles. The Hall–Kier alpha value is -1.82. The quantitative estimate of drug-likeness (QED) is 0.403. The molecule has 6 heteroatoms. The number of amides is 1. The van der Waals surface area contributed by atoms with Crippen LogP contribution in [0.3, 0.4) is 0 Å². The molecule has 0 saturated carbocycles. The second-order valence-electron chi connectivity index (χ2n) is 5.09. The largest absolute Gasteiger partial charge is 0.410 e. The van der Waals surface area contributed by atoms with Crippen LogP contribution in [0.4, 0.5) is 5.69 Å². The molecule has 2 heterocycles. The van der Waals surface area contributed by atoms with Gasteiger partial charge < -0.3 is 10.5 Å². The minimum absolute atomic E-state index is 0.120. The van der Waals surface area contributed by atoms with Gasteiger partial charge >= 0.3 is 0 Å². The molecule has 0 unspecified atom stereocenters. The summed E-state index contributed by atoms with van der Waals surface area (Å²) in [5, 5.41) is 15.0. The molecule has 98 valence electrons. The Bertz CT molecular complexity index is 598. The maximum Gasteiger partial charge on any atom is 0.278 e. The molecule has 0 bridgehead atoms. The first-order chi connectivity index (χ1) is 9.15. The number of hydrogen-bond donors (Lipinski definition) is 2. The van der Waals surface area contributed by atoms with Crippen LogP contribution in [0.2, 0.25) is 0 Å². The second kappa shape index (κ2) is 4.38. The minimum atomic E-state index is -0.320. The summed E-state index contributed by atoms with van der Waals surface area (Å²) in [4.78, 5) is 14.1. The summed E-state index contributed by atoms with van der Waals surface area (Å²) >= 11 is 0. The lowest BCUT2D eigenvalue weighted by atomic mass is 9.81. The predicted octanol–water partition coefficient (Wildman–Crippen LogP) is -0.547. The Balaban J connectivity index is 2.18. The molecule has 2 aliphatic rings. The van der Waals surface area contributed by atoms with E-state index in [4.69, 9.17) is 5.21 Å². The number of carbonyl (C=O) groups excluding carboxylic acids is 1. The van der Waals surface area contributed by atoms with Crippen LogP contribution in [-0.4, -0.2) is 42.7 Å². The van der Waals surface area contributed by atoms with Crippen molar-refractivity contribution >= 4 is 30.6 Å². The number of fused-ring (bicyclic) bond motifs is 3. The van der Waals surface area contributed by atoms with Gasteiger partial charge in [0.15, 0.2) is 5.71 Å². The molecule has 0 aliphatic carbocycles. The Kier molecular flexibility index (Phi) is 2.82. The summed E-state index contributed by atoms with van der Waals surface area (Å²) < 4.78 is 0. The molecule has 1 aromatic carbocycles. The Morgan fingerprint density at radius 3 is 3.00 bits per heavy atom. The first-order valence-corrected chi connectivity index (χ1v) is 6.57. The predicted molar refractivity (Wildman–Crippen MR) is 76.2 cm³/mol. The van der Waals surface area contributed by atoms with E-state index in [9.17, 15) is 4.79 Å². The van der Waals surface area contributed by atoms with E-state index in [2.05, 4.69) is 30.1 Å². The highest BCUT2D eigenvalue weighted by Gasteiger charge is 2.32. The van der Waals surface area contributed by atoms with Gasteiger partial charge in [0.1, 0.15) is 7.85 Å². The highest BCUT2D eigenvalue weighted by Crippen LogP contribution is 2.32. The standard InChI is InChI=1S/C13H16BN3O2/c1-2-17-4-3-7-9(6-17)11-8(5-10(7)14)12(16-19)13(18)15-11/h5,19H,2-4,6,14H2,1H3,(H,15,16,18). The van der Waals surface area contributed by atoms with Crippen molar-refractivity contribution in [2.75, 3.05) is 18.4 Å². The average Bonchev–Trinajstić information content (AvgIpc) is 2.74. The van der Waals surface area contributed by atoms with Gasteiger partial charge in [-0.05, 0) is 24.1 Å². The van der Waals surface area contributed by atoms with Crippen molar-refractivity contribution < 1.29 is 10.0 Å². The van der Waals surface area contributed by atoms with E-state index in [0.29, 0.717) is 0 Å². The Labute approximate surface area is 112 Å². The highest BCUT2D eigenvalue weighted by atomic mass is 16.4. The zero-order valence-corrected chi connectivity index (χ0v) is 11.2. The van der Waals surface area contributed by atoms with Crippen LogP contribution >= 0.6 is 0 Å². The summed E-state index contributed by atoms with van der Waals surface area (Å²) in [5.74, 6) is -0.320. The molecule has 0 saturated heterocycles. The maximum absolute atomic E-state index is 11.8. The fourth-order valence-corrected chi connectivity index (χ4v) is 3.02. The molecule has 0 atom stereocenters. The highest BCUT2D eigenvalue weighted by molar-refractivity contribution is 6.54. The fourth-order valence-electron chi connectivity index (χ4n) is 3.02. The van der Waals surface area contributed by atoms with Gasteiger partial charge in [-0.25, -0.2) is 0 Å². The van der Waals surface area contributed by atoms with Gasteiger partial charge in [0, 0.05) is 18.7 Å². The van der Waals surface area contributed by atoms with Gasteiger partial charge in [0.05, 0.1) is 5.69 Å². The molecule has 2 N–H and O–H groups in total. The van der Waals surface area contributed by atoms with Crippen LogP contribution in [0.15, 0.2) is 11.2 Å². The Morgan fingerprint density at radius 1 is 1.53 bits per heavy atom. The summed E-state index contributed by atoms with van der Waals surface area (Å²) in [5.41, 5.74) is 5.34. The second-order valence-corrected chi connectivity index (χ2v) is 5.09. The van der Waals surface area contributed by atoms with E-state index in [1.807, 2.05) is 6.07 Å². The number of benzene rings is 1. The molecular weight excluding hydrogens is 241 g/mol. The van der Waals surface area contributed by atoms with Crippen molar-refractivity contribution in [3.05, 3.63) is 22.8 Å². The lowest BCUT2D eigenvalue weighted by molar-refractivity contribution is -0.110. The van der Waals surface area contributed by atoms with Gasteiger partial charge in [0.25, 0.3) is 5.91 Å². The normalized spacial score (nSPS) is 20.3. The van der Waals surface area contributed by atoms with Gasteiger partial charge in [-0.3, -0.25) is 9.69 Å². The first-order valence-electron chi connectivity index (χ1n) is 6.57. The summed E-state index contributed by atoms with van der Waals surface area (Å²) in [6.07, 6.45) is 1.00. The van der Waals surface area contributed by atoms with Crippen molar-refractivity contribution in [2.24, 2.45) is 5.16 Å². The number of hydrogen-bond acceptors (Lipinski definition) is 4. The molecule has 0 fully saturated rings. The molecule has 1 aromatic rings. The molecule has 3 rings (SSSR count). The zero-order chi connectivity index (χ0) is 13.6. The van der Waals surface area contributed by atoms with E-state index >= 15 is 0 Å². The van der Waals surface area contributed by atoms with E-state index in [-0.39, 0.29) is 11.6 Å². The van der Waals surface area contributed by atoms with Crippen LogP contribution in [0.5, 0.6) is 0 Å². The number of carbonyl (C=O) groups is 1. The lowest BCUT2D eigenvalue weighted by Crippen LogP contribution is -2.34. The van der Waals surface area contributed by atoms with E-state index in [1.165, 1.54) is 16.6 Å². The molecule has 1 amide bonds. The third-order valence-electron chi connectivity index (χ3n) is 4.09. The number of anilines is 1. The van der Waals surface area contributed by atoms with Crippen LogP contribution in [0, 0.1) is 0 Å². The van der Waals surface area contributed by atoms with Gasteiger partial charge in [0.2, 0.25) is 0 Å². The van der Waals surface area contributed by atoms with Crippen LogP contribution in [0.1, 0.15) is 23.6 Å². The summed E-state index contributed by atoms with van der Waals surface area (Å²) in [6, 6.07) is 1.95. The first kappa shape index (κ1) is 12.2. The van der Waals surface area contributed by atoms with Crippen LogP contribution in [-0.2, 0) is 17.8 Å². The third kappa shape index (κ3) is 1.75. The van der Waals surface area contributed by atoms with Crippen molar-refractivity contribution in [3.63, 3.8) is 0 Å². The molecular formula is C13H16BN3O2. The van der Waals surface area contributed by atoms with Crippen LogP contribution in [0.25, 0.3) is 0 Å². The van der Waals surface area contributed by atoms with Crippen molar-refractivity contribution in [1.82, 2.24) is 4.90 Å². The van der Waals surface area contributed by atoms with E-state index in [1.54, 1.807) is 0 Å².